The second-order valence-corrected chi connectivity index (χ2v) is 7.93. The first-order valence-corrected chi connectivity index (χ1v) is 11.0. The fraction of sp³-hybridized carbons (Fsp3) is 0.231. The summed E-state index contributed by atoms with van der Waals surface area (Å²) >= 11 is 5.72. The zero-order valence-corrected chi connectivity index (χ0v) is 21.7. The number of carbonyl (C=O) groups is 2. The molecule has 3 aromatic rings. The number of ether oxygens (including phenoxy) is 3. The highest BCUT2D eigenvalue weighted by Gasteiger charge is 2.17. The van der Waals surface area contributed by atoms with Crippen LogP contribution in [0.4, 0.5) is 0 Å². The van der Waals surface area contributed by atoms with E-state index in [1.54, 1.807) is 42.5 Å². The molecule has 0 aliphatic heterocycles. The SMILES string of the molecule is CN(C)CCOC(=O)COc1ccc(Cl)cc1.COc1ccc(C(=O)c2ccccc2O)c(O)c1.Cl. The van der Waals surface area contributed by atoms with Crippen LogP contribution in [0.25, 0.3) is 0 Å². The summed E-state index contributed by atoms with van der Waals surface area (Å²) in [6, 6.07) is 17.4. The molecule has 0 amide bonds. The van der Waals surface area contributed by atoms with Crippen LogP contribution >= 0.6 is 24.0 Å². The van der Waals surface area contributed by atoms with Crippen LogP contribution in [0.3, 0.4) is 0 Å². The summed E-state index contributed by atoms with van der Waals surface area (Å²) < 4.78 is 15.1. The summed E-state index contributed by atoms with van der Waals surface area (Å²) in [5.74, 6) is -0.0457. The zero-order chi connectivity index (χ0) is 25.8. The highest BCUT2D eigenvalue weighted by Crippen LogP contribution is 2.28. The third-order valence-corrected chi connectivity index (χ3v) is 4.82. The Balaban J connectivity index is 0.000000351. The van der Waals surface area contributed by atoms with Gasteiger partial charge in [-0.1, -0.05) is 23.7 Å². The number of phenols is 2. The molecular formula is C26H29Cl2NO7. The van der Waals surface area contributed by atoms with Crippen LogP contribution in [-0.4, -0.2) is 67.8 Å². The van der Waals surface area contributed by atoms with Crippen molar-refractivity contribution in [2.75, 3.05) is 41.0 Å². The number of ketones is 1. The molecule has 0 aliphatic carbocycles. The number of rotatable bonds is 9. The number of likely N-dealkylation sites (N-methyl/N-ethyl adjacent to an activating group) is 1. The molecule has 0 fully saturated rings. The molecule has 3 aromatic carbocycles. The van der Waals surface area contributed by atoms with Gasteiger partial charge in [0.15, 0.2) is 12.4 Å². The van der Waals surface area contributed by atoms with Crippen molar-refractivity contribution in [3.05, 3.63) is 82.9 Å². The molecule has 0 heterocycles. The monoisotopic (exact) mass is 537 g/mol. The van der Waals surface area contributed by atoms with Crippen LogP contribution in [0.2, 0.25) is 5.02 Å². The van der Waals surface area contributed by atoms with Gasteiger partial charge in [-0.3, -0.25) is 4.79 Å². The van der Waals surface area contributed by atoms with Crippen molar-refractivity contribution in [3.8, 4) is 23.0 Å². The Morgan fingerprint density at radius 2 is 1.50 bits per heavy atom. The Morgan fingerprint density at radius 3 is 2.08 bits per heavy atom. The Labute approximate surface area is 221 Å². The van der Waals surface area contributed by atoms with Gasteiger partial charge in [0, 0.05) is 17.6 Å². The molecule has 0 aliphatic rings. The number of aromatic hydroxyl groups is 2. The standard InChI is InChI=1S/C14H12O4.C12H16ClNO3.ClH/c1-18-9-6-7-11(13(16)8-9)14(17)10-4-2-3-5-12(10)15;1-14(2)7-8-16-12(15)9-17-11-5-3-10(13)4-6-11;/h2-8,15-16H,1H3;3-6H,7-9H2,1-2H3;1H. The van der Waals surface area contributed by atoms with Gasteiger partial charge in [0.2, 0.25) is 0 Å². The van der Waals surface area contributed by atoms with Gasteiger partial charge in [-0.25, -0.2) is 4.79 Å². The lowest BCUT2D eigenvalue weighted by atomic mass is 10.0. The van der Waals surface area contributed by atoms with Crippen molar-refractivity contribution < 1.29 is 34.0 Å². The van der Waals surface area contributed by atoms with Crippen LogP contribution in [0, 0.1) is 0 Å². The Kier molecular flexibility index (Phi) is 13.2. The number of para-hydroxylation sites is 1. The van der Waals surface area contributed by atoms with E-state index in [4.69, 9.17) is 25.8 Å². The average Bonchev–Trinajstić information content (AvgIpc) is 2.83. The molecule has 36 heavy (non-hydrogen) atoms. The summed E-state index contributed by atoms with van der Waals surface area (Å²) in [7, 11) is 5.30. The molecule has 3 rings (SSSR count). The van der Waals surface area contributed by atoms with E-state index in [1.807, 2.05) is 19.0 Å². The van der Waals surface area contributed by atoms with Crippen LogP contribution in [0.5, 0.6) is 23.0 Å². The maximum absolute atomic E-state index is 12.1. The fourth-order valence-corrected chi connectivity index (χ4v) is 2.82. The van der Waals surface area contributed by atoms with E-state index in [9.17, 15) is 19.8 Å². The van der Waals surface area contributed by atoms with Gasteiger partial charge in [0.1, 0.15) is 29.6 Å². The van der Waals surface area contributed by atoms with Crippen molar-refractivity contribution >= 4 is 35.8 Å². The van der Waals surface area contributed by atoms with E-state index < -0.39 is 5.78 Å². The van der Waals surface area contributed by atoms with E-state index >= 15 is 0 Å². The maximum Gasteiger partial charge on any atom is 0.344 e. The summed E-state index contributed by atoms with van der Waals surface area (Å²) in [5.41, 5.74) is 0.273. The number of esters is 1. The predicted octanol–water partition coefficient (Wildman–Crippen LogP) is 4.58. The van der Waals surface area contributed by atoms with Crippen LogP contribution in [0.15, 0.2) is 66.7 Å². The van der Waals surface area contributed by atoms with E-state index in [-0.39, 0.29) is 47.6 Å². The average molecular weight is 538 g/mol. The zero-order valence-electron chi connectivity index (χ0n) is 20.1. The minimum atomic E-state index is -0.437. The Morgan fingerprint density at radius 1 is 0.889 bits per heavy atom. The van der Waals surface area contributed by atoms with E-state index in [2.05, 4.69) is 0 Å². The van der Waals surface area contributed by atoms with E-state index in [0.717, 1.165) is 0 Å². The first kappa shape index (κ1) is 30.6. The van der Waals surface area contributed by atoms with Gasteiger partial charge in [0.25, 0.3) is 0 Å². The van der Waals surface area contributed by atoms with Gasteiger partial charge in [-0.15, -0.1) is 12.4 Å². The van der Waals surface area contributed by atoms with Gasteiger partial charge >= 0.3 is 5.97 Å². The van der Waals surface area contributed by atoms with Gasteiger partial charge in [-0.05, 0) is 62.6 Å². The molecule has 194 valence electrons. The molecule has 10 heteroatoms. The number of benzene rings is 3. The third-order valence-electron chi connectivity index (χ3n) is 4.57. The summed E-state index contributed by atoms with van der Waals surface area (Å²) in [4.78, 5) is 25.3. The highest BCUT2D eigenvalue weighted by atomic mass is 35.5. The first-order chi connectivity index (χ1) is 16.7. The minimum Gasteiger partial charge on any atom is -0.507 e. The fourth-order valence-electron chi connectivity index (χ4n) is 2.70. The number of methoxy groups -OCH3 is 1. The molecule has 0 radical (unpaired) electrons. The molecule has 0 bridgehead atoms. The van der Waals surface area contributed by atoms with Crippen molar-refractivity contribution in [2.24, 2.45) is 0 Å². The van der Waals surface area contributed by atoms with Crippen LogP contribution < -0.4 is 9.47 Å². The lowest BCUT2D eigenvalue weighted by Gasteiger charge is -2.10. The highest BCUT2D eigenvalue weighted by molar-refractivity contribution is 6.30. The molecule has 0 aromatic heterocycles. The Hall–Kier alpha value is -3.46. The number of halogens is 2. The summed E-state index contributed by atoms with van der Waals surface area (Å²) in [6.07, 6.45) is 0. The number of carbonyl (C=O) groups excluding carboxylic acids is 2. The predicted molar refractivity (Wildman–Crippen MR) is 140 cm³/mol. The van der Waals surface area contributed by atoms with E-state index in [1.165, 1.54) is 31.4 Å². The summed E-state index contributed by atoms with van der Waals surface area (Å²) in [5, 5.41) is 20.0. The van der Waals surface area contributed by atoms with Gasteiger partial charge < -0.3 is 29.3 Å². The quantitative estimate of drug-likeness (QED) is 0.301. The number of nitrogens with zero attached hydrogens (tertiary/aromatic N) is 1. The van der Waals surface area contributed by atoms with Gasteiger partial charge in [0.05, 0.1) is 18.2 Å². The van der Waals surface area contributed by atoms with Crippen molar-refractivity contribution in [2.45, 2.75) is 0 Å². The van der Waals surface area contributed by atoms with Crippen molar-refractivity contribution in [1.29, 1.82) is 0 Å². The topological polar surface area (TPSA) is 106 Å². The maximum atomic E-state index is 12.1. The molecule has 0 saturated carbocycles. The van der Waals surface area contributed by atoms with Crippen LogP contribution in [-0.2, 0) is 9.53 Å². The second-order valence-electron chi connectivity index (χ2n) is 7.50. The molecule has 2 N–H and O–H groups in total. The molecular weight excluding hydrogens is 509 g/mol. The third kappa shape index (κ3) is 10.0. The smallest absolute Gasteiger partial charge is 0.344 e. The lowest BCUT2D eigenvalue weighted by molar-refractivity contribution is -0.146. The van der Waals surface area contributed by atoms with E-state index in [0.29, 0.717) is 29.7 Å². The normalized spacial score (nSPS) is 9.92. The second kappa shape index (κ2) is 15.5. The van der Waals surface area contributed by atoms with Crippen molar-refractivity contribution in [3.63, 3.8) is 0 Å². The molecule has 0 saturated heterocycles. The molecule has 0 atom stereocenters. The summed E-state index contributed by atoms with van der Waals surface area (Å²) in [6.45, 7) is 0.984. The van der Waals surface area contributed by atoms with Crippen LogP contribution in [0.1, 0.15) is 15.9 Å². The molecule has 0 unspecified atom stereocenters. The number of hydrogen-bond donors (Lipinski definition) is 2. The molecule has 0 spiro atoms. The molecule has 8 nitrogen and oxygen atoms in total. The Bertz CT molecular complexity index is 1120. The lowest BCUT2D eigenvalue weighted by Crippen LogP contribution is -2.22. The number of hydrogen-bond acceptors (Lipinski definition) is 8. The van der Waals surface area contributed by atoms with Gasteiger partial charge in [-0.2, -0.15) is 0 Å². The largest absolute Gasteiger partial charge is 0.507 e. The number of phenolic OH excluding ortho intramolecular Hbond substituents is 2. The van der Waals surface area contributed by atoms with Crippen molar-refractivity contribution in [1.82, 2.24) is 4.90 Å². The minimum absolute atomic E-state index is 0. The first-order valence-electron chi connectivity index (χ1n) is 10.6.